The number of carbonyl (C=O) groups excluding carboxylic acids is 4. The molecule has 0 aromatic carbocycles. The van der Waals surface area contributed by atoms with Crippen molar-refractivity contribution in [2.75, 3.05) is 13.1 Å². The van der Waals surface area contributed by atoms with Crippen molar-refractivity contribution in [3.8, 4) is 0 Å². The number of amides is 2. The Kier molecular flexibility index (Phi) is 19.3. The van der Waals surface area contributed by atoms with Gasteiger partial charge in [-0.15, -0.1) is 0 Å². The molecule has 0 saturated heterocycles. The third-order valence-corrected chi connectivity index (χ3v) is 2.74. The fourth-order valence-electron chi connectivity index (χ4n) is 1.41. The van der Waals surface area contributed by atoms with Crippen LogP contribution in [0, 0.1) is 0 Å². The molecule has 0 saturated carbocycles. The summed E-state index contributed by atoms with van der Waals surface area (Å²) in [4.78, 5) is 40.9. The molecule has 25 heavy (non-hydrogen) atoms. The van der Waals surface area contributed by atoms with Crippen molar-refractivity contribution in [2.24, 2.45) is 11.5 Å². The first-order valence-corrected chi connectivity index (χ1v) is 7.49. The number of hydrogen-bond donors (Lipinski definition) is 4. The minimum Gasteiger partial charge on any atom is -0.548 e. The van der Waals surface area contributed by atoms with E-state index >= 15 is 0 Å². The summed E-state index contributed by atoms with van der Waals surface area (Å²) < 4.78 is 0. The van der Waals surface area contributed by atoms with Crippen molar-refractivity contribution in [1.29, 1.82) is 0 Å². The van der Waals surface area contributed by atoms with Crippen LogP contribution in [0.25, 0.3) is 0 Å². The Hall–Kier alpha value is -1.68. The first-order chi connectivity index (χ1) is 11.1. The van der Waals surface area contributed by atoms with Gasteiger partial charge in [0.25, 0.3) is 0 Å². The van der Waals surface area contributed by atoms with Gasteiger partial charge in [-0.05, 0) is 25.7 Å². The van der Waals surface area contributed by atoms with Crippen LogP contribution in [-0.2, 0) is 36.2 Å². The molecule has 10 nitrogen and oxygen atoms in total. The third kappa shape index (κ3) is 22.3. The van der Waals surface area contributed by atoms with E-state index in [1.165, 1.54) is 13.8 Å². The topological polar surface area (TPSA) is 190 Å². The number of hydrogen-bond acceptors (Lipinski definition) is 8. The van der Waals surface area contributed by atoms with E-state index in [2.05, 4.69) is 10.6 Å². The van der Waals surface area contributed by atoms with Crippen molar-refractivity contribution < 1.29 is 46.5 Å². The number of carboxylic acid groups (broad SMARTS) is 2. The molecule has 0 aliphatic heterocycles. The van der Waals surface area contributed by atoms with E-state index in [9.17, 15) is 29.4 Å². The summed E-state index contributed by atoms with van der Waals surface area (Å²) in [6.07, 6.45) is 1.74. The van der Waals surface area contributed by atoms with Gasteiger partial charge in [-0.2, -0.15) is 0 Å². The molecule has 2 atom stereocenters. The maximum absolute atomic E-state index is 10.4. The molecule has 1 radical (unpaired) electrons. The van der Waals surface area contributed by atoms with E-state index < -0.39 is 24.0 Å². The van der Waals surface area contributed by atoms with E-state index in [1.807, 2.05) is 0 Å². The number of aliphatic carboxylic acids is 2. The maximum atomic E-state index is 10.4. The van der Waals surface area contributed by atoms with Crippen LogP contribution in [0.15, 0.2) is 0 Å². The predicted octanol–water partition coefficient (Wildman–Crippen LogP) is -4.04. The summed E-state index contributed by atoms with van der Waals surface area (Å²) in [5, 5.41) is 25.3. The van der Waals surface area contributed by atoms with Gasteiger partial charge in [-0.1, -0.05) is 0 Å². The largest absolute Gasteiger partial charge is 2.00 e. The molecule has 6 N–H and O–H groups in total. The van der Waals surface area contributed by atoms with Gasteiger partial charge in [0, 0.05) is 39.0 Å². The number of nitrogens with two attached hydrogens (primary N) is 2. The van der Waals surface area contributed by atoms with Gasteiger partial charge in [-0.3, -0.25) is 9.59 Å². The molecule has 2 unspecified atom stereocenters. The van der Waals surface area contributed by atoms with Crippen molar-refractivity contribution in [3.63, 3.8) is 0 Å². The van der Waals surface area contributed by atoms with Crippen LogP contribution < -0.4 is 32.3 Å². The van der Waals surface area contributed by atoms with E-state index in [1.54, 1.807) is 0 Å². The van der Waals surface area contributed by atoms with Gasteiger partial charge in [-0.25, -0.2) is 0 Å². The van der Waals surface area contributed by atoms with Crippen LogP contribution in [0.5, 0.6) is 0 Å². The second-order valence-electron chi connectivity index (χ2n) is 5.10. The van der Waals surface area contributed by atoms with Gasteiger partial charge < -0.3 is 41.9 Å². The van der Waals surface area contributed by atoms with Crippen molar-refractivity contribution in [2.45, 2.75) is 51.6 Å². The first-order valence-electron chi connectivity index (χ1n) is 7.49. The van der Waals surface area contributed by atoms with Crippen LogP contribution in [0.4, 0.5) is 0 Å². The number of rotatable bonds is 10. The number of carboxylic acids is 2. The van der Waals surface area contributed by atoms with Crippen LogP contribution in [-0.4, -0.2) is 48.9 Å². The Labute approximate surface area is 157 Å². The summed E-state index contributed by atoms with van der Waals surface area (Å²) in [7, 11) is 0. The molecule has 0 bridgehead atoms. The average molecular weight is 410 g/mol. The minimum atomic E-state index is -1.25. The maximum Gasteiger partial charge on any atom is 2.00 e. The van der Waals surface area contributed by atoms with Crippen molar-refractivity contribution in [1.82, 2.24) is 10.6 Å². The summed E-state index contributed by atoms with van der Waals surface area (Å²) in [6, 6.07) is -1.86. The van der Waals surface area contributed by atoms with E-state index in [-0.39, 0.29) is 28.9 Å². The Bertz CT molecular complexity index is 384. The quantitative estimate of drug-likeness (QED) is 0.207. The predicted molar refractivity (Wildman–Crippen MR) is 81.8 cm³/mol. The SMILES string of the molecule is CC(=O)NCCCC(N)C(=O)[O-].CC(=O)NCCCC(N)C(=O)[O-].[Cu+2]. The van der Waals surface area contributed by atoms with E-state index in [0.717, 1.165) is 0 Å². The minimum absolute atomic E-state index is 0. The molecule has 0 fully saturated rings. The van der Waals surface area contributed by atoms with Crippen LogP contribution in [0.3, 0.4) is 0 Å². The summed E-state index contributed by atoms with van der Waals surface area (Å²) in [5.74, 6) is -2.76. The molecule has 0 rings (SSSR count). The van der Waals surface area contributed by atoms with Gasteiger partial charge >= 0.3 is 17.1 Å². The smallest absolute Gasteiger partial charge is 0.548 e. The number of nitrogens with one attached hydrogen (secondary N) is 2. The van der Waals surface area contributed by atoms with Gasteiger partial charge in [0.1, 0.15) is 0 Å². The molecular formula is C14H26CuN4O6. The Balaban J connectivity index is -0.000000372. The van der Waals surface area contributed by atoms with Crippen LogP contribution in [0.1, 0.15) is 39.5 Å². The second-order valence-corrected chi connectivity index (χ2v) is 5.10. The zero-order valence-corrected chi connectivity index (χ0v) is 15.2. The molecular weight excluding hydrogens is 384 g/mol. The number of carbonyl (C=O) groups is 4. The van der Waals surface area contributed by atoms with Gasteiger partial charge in [0.05, 0.1) is 11.9 Å². The van der Waals surface area contributed by atoms with Gasteiger partial charge in [0.2, 0.25) is 11.8 Å². The fraction of sp³-hybridized carbons (Fsp3) is 0.714. The molecule has 149 valence electrons. The molecule has 11 heteroatoms. The second kappa shape index (κ2) is 17.2. The molecule has 2 amide bonds. The Morgan fingerprint density at radius 2 is 1.08 bits per heavy atom. The molecule has 0 heterocycles. The zero-order valence-electron chi connectivity index (χ0n) is 14.3. The molecule has 0 aromatic heterocycles. The van der Waals surface area contributed by atoms with Crippen LogP contribution >= 0.6 is 0 Å². The van der Waals surface area contributed by atoms with Gasteiger partial charge in [0.15, 0.2) is 0 Å². The molecule has 0 spiro atoms. The van der Waals surface area contributed by atoms with Crippen LogP contribution in [0.2, 0.25) is 0 Å². The standard InChI is InChI=1S/2C7H14N2O3.Cu/c2*1-5(10)9-4-2-3-6(8)7(11)12;/h2*6H,2-4,8H2,1H3,(H,9,10)(H,11,12);/q;;+2/p-2. The first kappa shape index (κ1) is 28.1. The fourth-order valence-corrected chi connectivity index (χ4v) is 1.41. The average Bonchev–Trinajstić information content (AvgIpc) is 2.47. The van der Waals surface area contributed by atoms with E-state index in [0.29, 0.717) is 38.8 Å². The Morgan fingerprint density at radius 1 is 0.800 bits per heavy atom. The normalized spacial score (nSPS) is 11.7. The zero-order chi connectivity index (χ0) is 19.1. The monoisotopic (exact) mass is 409 g/mol. The molecule has 0 aromatic rings. The summed E-state index contributed by atoms with van der Waals surface area (Å²) in [6.45, 7) is 3.71. The third-order valence-electron chi connectivity index (χ3n) is 2.74. The van der Waals surface area contributed by atoms with E-state index in [4.69, 9.17) is 11.5 Å². The summed E-state index contributed by atoms with van der Waals surface area (Å²) in [5.41, 5.74) is 10.3. The van der Waals surface area contributed by atoms with Crippen molar-refractivity contribution >= 4 is 23.8 Å². The van der Waals surface area contributed by atoms with Crippen molar-refractivity contribution in [3.05, 3.63) is 0 Å². The summed E-state index contributed by atoms with van der Waals surface area (Å²) >= 11 is 0. The Morgan fingerprint density at radius 3 is 1.28 bits per heavy atom. The molecule has 0 aliphatic carbocycles. The molecule has 0 aliphatic rings.